The highest BCUT2D eigenvalue weighted by Gasteiger charge is 2.36. The first-order valence-corrected chi connectivity index (χ1v) is 6.25. The quantitative estimate of drug-likeness (QED) is 0.872. The third-order valence-electron chi connectivity index (χ3n) is 3.57. The van der Waals surface area contributed by atoms with Crippen LogP contribution in [0.3, 0.4) is 0 Å². The summed E-state index contributed by atoms with van der Waals surface area (Å²) in [6.45, 7) is 2.84. The Bertz CT molecular complexity index is 779. The number of rotatable bonds is 3. The normalized spacial score (nSPS) is 11.4. The van der Waals surface area contributed by atoms with Crippen molar-refractivity contribution in [2.24, 2.45) is 0 Å². The summed E-state index contributed by atoms with van der Waals surface area (Å²) in [5, 5.41) is 15.9. The predicted octanol–water partition coefficient (Wildman–Crippen LogP) is 0.858. The molecular weight excluding hydrogens is 274 g/mol. The third kappa shape index (κ3) is 2.37. The Morgan fingerprint density at radius 2 is 1.81 bits per heavy atom. The zero-order valence-corrected chi connectivity index (χ0v) is 11.9. The van der Waals surface area contributed by atoms with Gasteiger partial charge in [0.25, 0.3) is 11.5 Å². The molecule has 0 aliphatic carbocycles. The van der Waals surface area contributed by atoms with Crippen LogP contribution < -0.4 is 5.56 Å². The molecule has 1 amide bonds. The molecule has 0 aliphatic heterocycles. The van der Waals surface area contributed by atoms with E-state index in [-0.39, 0.29) is 5.69 Å². The molecule has 0 aliphatic rings. The minimum Gasteiger partial charge on any atom is -0.480 e. The molecule has 0 saturated carbocycles. The van der Waals surface area contributed by atoms with E-state index in [2.05, 4.69) is 10.2 Å². The van der Waals surface area contributed by atoms with Gasteiger partial charge in [-0.15, -0.1) is 0 Å². The second kappa shape index (κ2) is 5.01. The van der Waals surface area contributed by atoms with Crippen molar-refractivity contribution < 1.29 is 14.7 Å². The summed E-state index contributed by atoms with van der Waals surface area (Å²) in [5.41, 5.74) is -1.78. The van der Waals surface area contributed by atoms with Crippen LogP contribution in [0.2, 0.25) is 0 Å². The molecule has 0 bridgehead atoms. The topological polar surface area (TPSA) is 103 Å². The summed E-state index contributed by atoms with van der Waals surface area (Å²) in [5.74, 6) is -1.71. The summed E-state index contributed by atoms with van der Waals surface area (Å²) in [6.07, 6.45) is 0. The number of nitrogens with zero attached hydrogens (tertiary/aromatic N) is 2. The monoisotopic (exact) mass is 289 g/mol. The highest BCUT2D eigenvalue weighted by Crippen LogP contribution is 2.19. The number of aromatic amines is 1. The summed E-state index contributed by atoms with van der Waals surface area (Å²) in [6, 6.07) is 6.54. The molecule has 0 saturated heterocycles. The molecule has 0 fully saturated rings. The predicted molar refractivity (Wildman–Crippen MR) is 76.2 cm³/mol. The number of aromatic nitrogens is 2. The number of benzene rings is 1. The van der Waals surface area contributed by atoms with Crippen molar-refractivity contribution >= 4 is 22.6 Å². The smallest absolute Gasteiger partial charge is 0.329 e. The lowest BCUT2D eigenvalue weighted by molar-refractivity contribution is -0.147. The summed E-state index contributed by atoms with van der Waals surface area (Å²) in [4.78, 5) is 36.5. The van der Waals surface area contributed by atoms with Gasteiger partial charge in [-0.25, -0.2) is 9.89 Å². The van der Waals surface area contributed by atoms with Crippen LogP contribution in [-0.4, -0.2) is 44.7 Å². The van der Waals surface area contributed by atoms with E-state index in [0.29, 0.717) is 10.8 Å². The average Bonchev–Trinajstić information content (AvgIpc) is 2.46. The van der Waals surface area contributed by atoms with Gasteiger partial charge in [0, 0.05) is 12.4 Å². The number of hydrogen-bond acceptors (Lipinski definition) is 4. The summed E-state index contributed by atoms with van der Waals surface area (Å²) >= 11 is 0. The van der Waals surface area contributed by atoms with Crippen LogP contribution in [0.15, 0.2) is 29.1 Å². The Balaban J connectivity index is 2.58. The molecule has 21 heavy (non-hydrogen) atoms. The summed E-state index contributed by atoms with van der Waals surface area (Å²) in [7, 11) is 1.39. The van der Waals surface area contributed by atoms with Crippen LogP contribution in [0.25, 0.3) is 10.8 Å². The van der Waals surface area contributed by atoms with Gasteiger partial charge in [-0.2, -0.15) is 5.10 Å². The van der Waals surface area contributed by atoms with Crippen molar-refractivity contribution in [1.82, 2.24) is 15.1 Å². The fourth-order valence-electron chi connectivity index (χ4n) is 1.83. The van der Waals surface area contributed by atoms with Gasteiger partial charge in [0.1, 0.15) is 5.54 Å². The Hall–Kier alpha value is -2.70. The number of nitrogens with one attached hydrogen (secondary N) is 1. The first kappa shape index (κ1) is 14.7. The molecule has 0 unspecified atom stereocenters. The van der Waals surface area contributed by atoms with Crippen molar-refractivity contribution in [2.45, 2.75) is 19.4 Å². The Morgan fingerprint density at radius 1 is 1.24 bits per heavy atom. The van der Waals surface area contributed by atoms with E-state index in [4.69, 9.17) is 0 Å². The van der Waals surface area contributed by atoms with Crippen molar-refractivity contribution in [1.29, 1.82) is 0 Å². The highest BCUT2D eigenvalue weighted by molar-refractivity contribution is 6.06. The van der Waals surface area contributed by atoms with E-state index in [0.717, 1.165) is 4.90 Å². The van der Waals surface area contributed by atoms with E-state index < -0.39 is 23.0 Å². The second-order valence-corrected chi connectivity index (χ2v) is 5.18. The van der Waals surface area contributed by atoms with Gasteiger partial charge < -0.3 is 10.0 Å². The van der Waals surface area contributed by atoms with E-state index in [1.807, 2.05) is 0 Å². The van der Waals surface area contributed by atoms with Gasteiger partial charge >= 0.3 is 5.97 Å². The van der Waals surface area contributed by atoms with Crippen molar-refractivity contribution in [3.8, 4) is 0 Å². The minimum atomic E-state index is -1.39. The fourth-order valence-corrected chi connectivity index (χ4v) is 1.83. The number of amides is 1. The lowest BCUT2D eigenvalue weighted by Crippen LogP contribution is -2.51. The lowest BCUT2D eigenvalue weighted by atomic mass is 10.0. The number of likely N-dealkylation sites (N-methyl/N-ethyl adjacent to an activating group) is 1. The molecule has 1 aromatic heterocycles. The number of carboxylic acid groups (broad SMARTS) is 1. The maximum atomic E-state index is 12.5. The molecule has 7 heteroatoms. The standard InChI is InChI=1S/C14H15N3O4/c1-14(2,13(20)21)17(3)12(19)10-8-6-4-5-7-9(8)11(18)16-15-10/h4-7H,1-3H3,(H,16,18)(H,20,21). The Kier molecular flexibility index (Phi) is 3.51. The van der Waals surface area contributed by atoms with E-state index in [1.54, 1.807) is 24.3 Å². The second-order valence-electron chi connectivity index (χ2n) is 5.18. The van der Waals surface area contributed by atoms with E-state index >= 15 is 0 Å². The number of carboxylic acids is 1. The molecule has 0 radical (unpaired) electrons. The van der Waals surface area contributed by atoms with E-state index in [9.17, 15) is 19.5 Å². The Morgan fingerprint density at radius 3 is 2.38 bits per heavy atom. The number of aliphatic carboxylic acids is 1. The van der Waals surface area contributed by atoms with Gasteiger partial charge in [-0.1, -0.05) is 18.2 Å². The van der Waals surface area contributed by atoms with Gasteiger partial charge in [0.2, 0.25) is 0 Å². The van der Waals surface area contributed by atoms with Crippen LogP contribution in [0.4, 0.5) is 0 Å². The number of fused-ring (bicyclic) bond motifs is 1. The maximum Gasteiger partial charge on any atom is 0.329 e. The minimum absolute atomic E-state index is 0.0158. The first-order valence-electron chi connectivity index (χ1n) is 6.25. The van der Waals surface area contributed by atoms with Gasteiger partial charge in [0.05, 0.1) is 5.39 Å². The molecule has 2 rings (SSSR count). The van der Waals surface area contributed by atoms with Crippen LogP contribution in [0.1, 0.15) is 24.3 Å². The van der Waals surface area contributed by atoms with Crippen molar-refractivity contribution in [3.63, 3.8) is 0 Å². The Labute approximate surface area is 120 Å². The molecule has 2 N–H and O–H groups in total. The number of hydrogen-bond donors (Lipinski definition) is 2. The first-order chi connectivity index (χ1) is 9.76. The van der Waals surface area contributed by atoms with Crippen LogP contribution in [-0.2, 0) is 4.79 Å². The molecular formula is C14H15N3O4. The number of carbonyl (C=O) groups excluding carboxylic acids is 1. The molecule has 0 atom stereocenters. The molecule has 1 aromatic carbocycles. The number of carbonyl (C=O) groups is 2. The largest absolute Gasteiger partial charge is 0.480 e. The van der Waals surface area contributed by atoms with Crippen LogP contribution in [0.5, 0.6) is 0 Å². The van der Waals surface area contributed by atoms with Gasteiger partial charge in [-0.3, -0.25) is 9.59 Å². The summed E-state index contributed by atoms with van der Waals surface area (Å²) < 4.78 is 0. The molecule has 110 valence electrons. The average molecular weight is 289 g/mol. The zero-order valence-electron chi connectivity index (χ0n) is 11.9. The zero-order chi connectivity index (χ0) is 15.8. The highest BCUT2D eigenvalue weighted by atomic mass is 16.4. The third-order valence-corrected chi connectivity index (χ3v) is 3.57. The molecule has 0 spiro atoms. The van der Waals surface area contributed by atoms with Crippen molar-refractivity contribution in [2.75, 3.05) is 7.05 Å². The molecule has 2 aromatic rings. The fraction of sp³-hybridized carbons (Fsp3) is 0.286. The number of H-pyrrole nitrogens is 1. The lowest BCUT2D eigenvalue weighted by Gasteiger charge is -2.31. The van der Waals surface area contributed by atoms with Gasteiger partial charge in [-0.05, 0) is 19.9 Å². The van der Waals surface area contributed by atoms with Crippen LogP contribution >= 0.6 is 0 Å². The molecule has 1 heterocycles. The van der Waals surface area contributed by atoms with Crippen molar-refractivity contribution in [3.05, 3.63) is 40.3 Å². The van der Waals surface area contributed by atoms with Crippen LogP contribution in [0, 0.1) is 0 Å². The van der Waals surface area contributed by atoms with Gasteiger partial charge in [0.15, 0.2) is 5.69 Å². The maximum absolute atomic E-state index is 12.5. The van der Waals surface area contributed by atoms with E-state index in [1.165, 1.54) is 20.9 Å². The molecule has 7 nitrogen and oxygen atoms in total. The SMILES string of the molecule is CN(C(=O)c1n[nH]c(=O)c2ccccc12)C(C)(C)C(=O)O.